The molecule has 1 aromatic rings. The summed E-state index contributed by atoms with van der Waals surface area (Å²) in [5, 5.41) is 2.94. The van der Waals surface area contributed by atoms with Crippen molar-refractivity contribution in [1.82, 2.24) is 5.32 Å². The van der Waals surface area contributed by atoms with Gasteiger partial charge in [0.05, 0.1) is 6.61 Å². The van der Waals surface area contributed by atoms with Crippen LogP contribution in [0, 0.1) is 5.92 Å². The Kier molecular flexibility index (Phi) is 4.66. The van der Waals surface area contributed by atoms with Crippen LogP contribution in [0.15, 0.2) is 24.3 Å². The third-order valence-electron chi connectivity index (χ3n) is 3.74. The first-order chi connectivity index (χ1) is 9.97. The lowest BCUT2D eigenvalue weighted by molar-refractivity contribution is -0.153. The predicted molar refractivity (Wildman–Crippen MR) is 80.8 cm³/mol. The zero-order valence-corrected chi connectivity index (χ0v) is 12.9. The van der Waals surface area contributed by atoms with Gasteiger partial charge < -0.3 is 10.1 Å². The van der Waals surface area contributed by atoms with Gasteiger partial charge in [0.2, 0.25) is 5.91 Å². The van der Waals surface area contributed by atoms with Crippen molar-refractivity contribution in [3.63, 3.8) is 0 Å². The van der Waals surface area contributed by atoms with Gasteiger partial charge in [0.25, 0.3) is 0 Å². The number of benzene rings is 1. The highest BCUT2D eigenvalue weighted by atomic mass is 16.5. The van der Waals surface area contributed by atoms with Gasteiger partial charge in [-0.25, -0.2) is 4.79 Å². The van der Waals surface area contributed by atoms with Crippen molar-refractivity contribution in [2.45, 2.75) is 45.6 Å². The standard InChI is InChI=1S/C17H23NO3/c1-4-21-16(20)17(18-15(19)9-12(2)3)10-13-7-5-6-8-14(13)11-17/h5-8,12H,4,9-11H2,1-3H3,(H,18,19). The molecule has 0 atom stereocenters. The molecule has 0 radical (unpaired) electrons. The highest BCUT2D eigenvalue weighted by Gasteiger charge is 2.46. The number of esters is 1. The van der Waals surface area contributed by atoms with E-state index in [0.717, 1.165) is 11.1 Å². The zero-order valence-electron chi connectivity index (χ0n) is 12.9. The maximum atomic E-state index is 12.4. The summed E-state index contributed by atoms with van der Waals surface area (Å²) in [6, 6.07) is 7.92. The number of fused-ring (bicyclic) bond motifs is 1. The maximum Gasteiger partial charge on any atom is 0.332 e. The lowest BCUT2D eigenvalue weighted by Crippen LogP contribution is -2.56. The average Bonchev–Trinajstić information content (AvgIpc) is 2.77. The van der Waals surface area contributed by atoms with Crippen molar-refractivity contribution < 1.29 is 14.3 Å². The number of amides is 1. The van der Waals surface area contributed by atoms with Crippen LogP contribution in [-0.2, 0) is 27.2 Å². The Balaban J connectivity index is 2.22. The molecule has 0 heterocycles. The van der Waals surface area contributed by atoms with Crippen LogP contribution >= 0.6 is 0 Å². The summed E-state index contributed by atoms with van der Waals surface area (Å²) in [6.07, 6.45) is 1.43. The smallest absolute Gasteiger partial charge is 0.332 e. The van der Waals surface area contributed by atoms with E-state index >= 15 is 0 Å². The number of carbonyl (C=O) groups excluding carboxylic acids is 2. The summed E-state index contributed by atoms with van der Waals surface area (Å²) in [5.41, 5.74) is 1.27. The van der Waals surface area contributed by atoms with E-state index in [9.17, 15) is 9.59 Å². The van der Waals surface area contributed by atoms with E-state index in [-0.39, 0.29) is 17.8 Å². The van der Waals surface area contributed by atoms with Crippen molar-refractivity contribution in [3.05, 3.63) is 35.4 Å². The Bertz CT molecular complexity index is 512. The van der Waals surface area contributed by atoms with Gasteiger partial charge >= 0.3 is 5.97 Å². The summed E-state index contributed by atoms with van der Waals surface area (Å²) >= 11 is 0. The minimum absolute atomic E-state index is 0.0918. The average molecular weight is 289 g/mol. The van der Waals surface area contributed by atoms with Crippen molar-refractivity contribution in [2.24, 2.45) is 5.92 Å². The number of rotatable bonds is 5. The molecule has 21 heavy (non-hydrogen) atoms. The Morgan fingerprint density at radius 3 is 2.29 bits per heavy atom. The molecule has 1 aliphatic rings. The molecule has 1 amide bonds. The molecule has 1 aromatic carbocycles. The molecule has 4 heteroatoms. The zero-order chi connectivity index (χ0) is 15.5. The van der Waals surface area contributed by atoms with Crippen LogP contribution in [0.1, 0.15) is 38.3 Å². The highest BCUT2D eigenvalue weighted by Crippen LogP contribution is 2.31. The van der Waals surface area contributed by atoms with Crippen LogP contribution in [0.2, 0.25) is 0 Å². The second-order valence-electron chi connectivity index (χ2n) is 6.07. The van der Waals surface area contributed by atoms with Gasteiger partial charge in [0, 0.05) is 19.3 Å². The summed E-state index contributed by atoms with van der Waals surface area (Å²) in [7, 11) is 0. The Hall–Kier alpha value is -1.84. The Morgan fingerprint density at radius 1 is 1.24 bits per heavy atom. The number of ether oxygens (including phenoxy) is 1. The first kappa shape index (κ1) is 15.5. The summed E-state index contributed by atoms with van der Waals surface area (Å²) in [5.74, 6) is -0.169. The molecule has 0 saturated heterocycles. The van der Waals surface area contributed by atoms with Gasteiger partial charge in [0.15, 0.2) is 0 Å². The topological polar surface area (TPSA) is 55.4 Å². The Morgan fingerprint density at radius 2 is 1.81 bits per heavy atom. The highest BCUT2D eigenvalue weighted by molar-refractivity contribution is 5.89. The van der Waals surface area contributed by atoms with Crippen molar-refractivity contribution >= 4 is 11.9 Å². The molecule has 4 nitrogen and oxygen atoms in total. The van der Waals surface area contributed by atoms with E-state index < -0.39 is 5.54 Å². The lowest BCUT2D eigenvalue weighted by atomic mass is 9.94. The Labute approximate surface area is 125 Å². The van der Waals surface area contributed by atoms with Crippen LogP contribution < -0.4 is 5.32 Å². The maximum absolute atomic E-state index is 12.4. The first-order valence-corrected chi connectivity index (χ1v) is 7.52. The molecular weight excluding hydrogens is 266 g/mol. The van der Waals surface area contributed by atoms with Crippen LogP contribution in [0.25, 0.3) is 0 Å². The van der Waals surface area contributed by atoms with Crippen LogP contribution in [0.3, 0.4) is 0 Å². The SMILES string of the molecule is CCOC(=O)C1(NC(=O)CC(C)C)Cc2ccccc2C1. The van der Waals surface area contributed by atoms with E-state index in [0.29, 0.717) is 25.9 Å². The van der Waals surface area contributed by atoms with Crippen LogP contribution in [0.4, 0.5) is 0 Å². The fourth-order valence-corrected chi connectivity index (χ4v) is 2.86. The molecule has 0 aliphatic heterocycles. The normalized spacial score (nSPS) is 15.6. The number of hydrogen-bond acceptors (Lipinski definition) is 3. The van der Waals surface area contributed by atoms with E-state index in [1.807, 2.05) is 38.1 Å². The predicted octanol–water partition coefficient (Wildman–Crippen LogP) is 2.25. The molecule has 0 unspecified atom stereocenters. The van der Waals surface area contributed by atoms with Gasteiger partial charge in [-0.15, -0.1) is 0 Å². The van der Waals surface area contributed by atoms with Crippen LogP contribution in [0.5, 0.6) is 0 Å². The molecule has 1 aliphatic carbocycles. The largest absolute Gasteiger partial charge is 0.464 e. The second kappa shape index (κ2) is 6.29. The molecule has 1 N–H and O–H groups in total. The lowest BCUT2D eigenvalue weighted by Gasteiger charge is -2.28. The van der Waals surface area contributed by atoms with Crippen molar-refractivity contribution in [1.29, 1.82) is 0 Å². The molecule has 0 saturated carbocycles. The molecule has 0 fully saturated rings. The van der Waals surface area contributed by atoms with Crippen LogP contribution in [-0.4, -0.2) is 24.0 Å². The number of hydrogen-bond donors (Lipinski definition) is 1. The van der Waals surface area contributed by atoms with Crippen molar-refractivity contribution in [3.8, 4) is 0 Å². The first-order valence-electron chi connectivity index (χ1n) is 7.52. The summed E-state index contributed by atoms with van der Waals surface area (Å²) in [4.78, 5) is 24.6. The van der Waals surface area contributed by atoms with Gasteiger partial charge in [-0.05, 0) is 24.0 Å². The van der Waals surface area contributed by atoms with E-state index in [1.165, 1.54) is 0 Å². The number of carbonyl (C=O) groups is 2. The fourth-order valence-electron chi connectivity index (χ4n) is 2.86. The van der Waals surface area contributed by atoms with Gasteiger partial charge in [-0.1, -0.05) is 38.1 Å². The third-order valence-corrected chi connectivity index (χ3v) is 3.74. The summed E-state index contributed by atoms with van der Waals surface area (Å²) in [6.45, 7) is 6.07. The van der Waals surface area contributed by atoms with E-state index in [4.69, 9.17) is 4.74 Å². The second-order valence-corrected chi connectivity index (χ2v) is 6.07. The molecule has 2 rings (SSSR count). The fraction of sp³-hybridized carbons (Fsp3) is 0.529. The third kappa shape index (κ3) is 3.43. The van der Waals surface area contributed by atoms with E-state index in [1.54, 1.807) is 6.92 Å². The molecule has 0 aromatic heterocycles. The van der Waals surface area contributed by atoms with Gasteiger partial charge in [-0.2, -0.15) is 0 Å². The molecule has 0 bridgehead atoms. The van der Waals surface area contributed by atoms with Crippen molar-refractivity contribution in [2.75, 3.05) is 6.61 Å². The number of nitrogens with one attached hydrogen (secondary N) is 1. The van der Waals surface area contributed by atoms with E-state index in [2.05, 4.69) is 5.32 Å². The molecule has 0 spiro atoms. The monoisotopic (exact) mass is 289 g/mol. The minimum atomic E-state index is -0.939. The quantitative estimate of drug-likeness (QED) is 0.846. The van der Waals surface area contributed by atoms with Gasteiger partial charge in [0.1, 0.15) is 5.54 Å². The summed E-state index contributed by atoms with van der Waals surface area (Å²) < 4.78 is 5.21. The molecule has 114 valence electrons. The van der Waals surface area contributed by atoms with Gasteiger partial charge in [-0.3, -0.25) is 4.79 Å². The molecular formula is C17H23NO3. The minimum Gasteiger partial charge on any atom is -0.464 e.